The van der Waals surface area contributed by atoms with E-state index in [1.165, 1.54) is 0 Å². The number of benzene rings is 2. The number of aliphatic hydroxyl groups excluding tert-OH is 1. The first kappa shape index (κ1) is 21.9. The second-order valence-electron chi connectivity index (χ2n) is 7.91. The maximum Gasteiger partial charge on any atom is 0.201 e. The molecule has 168 valence electrons. The highest BCUT2D eigenvalue weighted by Gasteiger charge is 2.54. The average Bonchev–Trinajstić information content (AvgIpc) is 2.93. The number of Topliss-reactive ketones (excluding diaryl/α,β-unsaturated/α-hetero) is 3. The molecule has 2 aliphatic rings. The Bertz CT molecular complexity index is 1390. The van der Waals surface area contributed by atoms with Crippen LogP contribution in [0.1, 0.15) is 63.2 Å². The van der Waals surface area contributed by atoms with Crippen molar-refractivity contribution >= 4 is 34.7 Å². The highest BCUT2D eigenvalue weighted by molar-refractivity contribution is 6.31. The molecule has 1 atom stereocenters. The number of phenols is 3. The van der Waals surface area contributed by atoms with E-state index in [-0.39, 0.29) is 0 Å². The summed E-state index contributed by atoms with van der Waals surface area (Å²) in [5, 5.41) is 52.7. The van der Waals surface area contributed by atoms with E-state index >= 15 is 0 Å². The highest BCUT2D eigenvalue weighted by Crippen LogP contribution is 2.52. The van der Waals surface area contributed by atoms with Crippen LogP contribution in [-0.2, 0) is 20.0 Å². The number of aliphatic hydroxyl groups is 2. The van der Waals surface area contributed by atoms with E-state index in [1.54, 1.807) is 0 Å². The predicted octanol–water partition coefficient (Wildman–Crippen LogP) is 1.19. The second kappa shape index (κ2) is 6.84. The normalized spacial score (nSPS) is 18.6. The van der Waals surface area contributed by atoms with E-state index < -0.39 is 103 Å². The third-order valence-corrected chi connectivity index (χ3v) is 5.74. The standard InChI is InChI=1S/C23H16O10/c1-7(24)3-14(28)23(33)12-6-11-16(21(31)17(12)22(32)18(23)8(2)25)20(30)15-10(19(11)29)4-9(26)5-13(15)27/h4-6,26-27,31-33H,3H2,1-2H3. The molecule has 0 amide bonds. The van der Waals surface area contributed by atoms with Gasteiger partial charge in [-0.25, -0.2) is 0 Å². The summed E-state index contributed by atoms with van der Waals surface area (Å²) in [5.74, 6) is -8.00. The fraction of sp³-hybridized carbons (Fsp3) is 0.174. The van der Waals surface area contributed by atoms with Crippen LogP contribution in [0.3, 0.4) is 0 Å². The minimum absolute atomic E-state index is 0.398. The fourth-order valence-electron chi connectivity index (χ4n) is 4.40. The molecule has 10 nitrogen and oxygen atoms in total. The smallest absolute Gasteiger partial charge is 0.201 e. The molecule has 2 aliphatic carbocycles. The average molecular weight is 452 g/mol. The van der Waals surface area contributed by atoms with Crippen LogP contribution < -0.4 is 0 Å². The molecule has 2 aromatic carbocycles. The van der Waals surface area contributed by atoms with Crippen molar-refractivity contribution in [3.05, 3.63) is 57.2 Å². The Hall–Kier alpha value is -4.31. The lowest BCUT2D eigenvalue weighted by Gasteiger charge is -2.27. The Morgan fingerprint density at radius 1 is 0.848 bits per heavy atom. The van der Waals surface area contributed by atoms with Gasteiger partial charge in [-0.05, 0) is 26.0 Å². The van der Waals surface area contributed by atoms with Crippen molar-refractivity contribution in [2.24, 2.45) is 0 Å². The first-order valence-corrected chi connectivity index (χ1v) is 9.58. The van der Waals surface area contributed by atoms with Crippen LogP contribution in [-0.4, -0.2) is 54.4 Å². The number of phenolic OH excluding ortho intramolecular Hbond substituents is 3. The van der Waals surface area contributed by atoms with Crippen LogP contribution in [0.4, 0.5) is 0 Å². The molecule has 0 spiro atoms. The summed E-state index contributed by atoms with van der Waals surface area (Å²) in [7, 11) is 0. The number of hydrogen-bond donors (Lipinski definition) is 5. The van der Waals surface area contributed by atoms with Crippen LogP contribution in [0.2, 0.25) is 0 Å². The molecule has 0 radical (unpaired) electrons. The number of aromatic hydroxyl groups is 3. The lowest BCUT2D eigenvalue weighted by molar-refractivity contribution is -0.139. The Kier molecular flexibility index (Phi) is 4.54. The molecule has 0 heterocycles. The zero-order chi connectivity index (χ0) is 24.6. The zero-order valence-electron chi connectivity index (χ0n) is 17.2. The summed E-state index contributed by atoms with van der Waals surface area (Å²) in [6.45, 7) is 2.00. The fourth-order valence-corrected chi connectivity index (χ4v) is 4.40. The van der Waals surface area contributed by atoms with Gasteiger partial charge < -0.3 is 25.5 Å². The van der Waals surface area contributed by atoms with Gasteiger partial charge in [0.2, 0.25) is 5.78 Å². The van der Waals surface area contributed by atoms with Gasteiger partial charge in [0.05, 0.1) is 28.7 Å². The van der Waals surface area contributed by atoms with Gasteiger partial charge in [0.15, 0.2) is 23.0 Å². The first-order chi connectivity index (χ1) is 15.3. The van der Waals surface area contributed by atoms with Gasteiger partial charge in [0, 0.05) is 22.8 Å². The molecule has 0 aromatic heterocycles. The molecule has 10 heteroatoms. The van der Waals surface area contributed by atoms with Gasteiger partial charge in [-0.1, -0.05) is 0 Å². The van der Waals surface area contributed by atoms with Gasteiger partial charge in [0.1, 0.15) is 28.8 Å². The van der Waals surface area contributed by atoms with Crippen molar-refractivity contribution in [2.45, 2.75) is 25.9 Å². The summed E-state index contributed by atoms with van der Waals surface area (Å²) in [6.07, 6.45) is -0.824. The molecule has 5 N–H and O–H groups in total. The van der Waals surface area contributed by atoms with Gasteiger partial charge in [0.25, 0.3) is 0 Å². The molecule has 4 rings (SSSR count). The summed E-state index contributed by atoms with van der Waals surface area (Å²) in [5.41, 5.74) is -6.90. The lowest BCUT2D eigenvalue weighted by Crippen LogP contribution is -2.39. The van der Waals surface area contributed by atoms with Gasteiger partial charge in [-0.2, -0.15) is 0 Å². The summed E-state index contributed by atoms with van der Waals surface area (Å²) >= 11 is 0. The van der Waals surface area contributed by atoms with Crippen LogP contribution in [0.25, 0.3) is 5.76 Å². The number of carbonyl (C=O) groups is 5. The third kappa shape index (κ3) is 2.74. The van der Waals surface area contributed by atoms with E-state index in [2.05, 4.69) is 0 Å². The van der Waals surface area contributed by atoms with E-state index in [0.29, 0.717) is 0 Å². The van der Waals surface area contributed by atoms with Gasteiger partial charge in [-0.15, -0.1) is 0 Å². The van der Waals surface area contributed by atoms with E-state index in [4.69, 9.17) is 0 Å². The van der Waals surface area contributed by atoms with Crippen LogP contribution >= 0.6 is 0 Å². The lowest BCUT2D eigenvalue weighted by atomic mass is 9.77. The second-order valence-corrected chi connectivity index (χ2v) is 7.91. The van der Waals surface area contributed by atoms with Crippen molar-refractivity contribution in [3.8, 4) is 17.2 Å². The monoisotopic (exact) mass is 452 g/mol. The van der Waals surface area contributed by atoms with Crippen LogP contribution in [0, 0.1) is 0 Å². The Labute approximate surface area is 185 Å². The minimum Gasteiger partial charge on any atom is -0.508 e. The highest BCUT2D eigenvalue weighted by atomic mass is 16.3. The Morgan fingerprint density at radius 2 is 1.45 bits per heavy atom. The zero-order valence-corrected chi connectivity index (χ0v) is 17.2. The molecule has 33 heavy (non-hydrogen) atoms. The molecule has 0 bridgehead atoms. The van der Waals surface area contributed by atoms with Crippen molar-refractivity contribution in [2.75, 3.05) is 0 Å². The summed E-state index contributed by atoms with van der Waals surface area (Å²) in [6, 6.07) is 2.62. The van der Waals surface area contributed by atoms with Gasteiger partial charge in [-0.3, -0.25) is 24.0 Å². The number of rotatable bonds is 4. The summed E-state index contributed by atoms with van der Waals surface area (Å²) in [4.78, 5) is 62.8. The molecular weight excluding hydrogens is 436 g/mol. The van der Waals surface area contributed by atoms with E-state index in [1.807, 2.05) is 0 Å². The molecule has 0 saturated carbocycles. The maximum atomic E-state index is 13.1. The predicted molar refractivity (Wildman–Crippen MR) is 109 cm³/mol. The first-order valence-electron chi connectivity index (χ1n) is 9.58. The molecule has 1 unspecified atom stereocenters. The third-order valence-electron chi connectivity index (χ3n) is 5.74. The SMILES string of the molecule is CC(=O)CC(=O)C1(O)C(C(C)=O)=C(O)c2c1cc1c(c2O)C(=O)c2c(O)cc(O)cc2C1=O. The van der Waals surface area contributed by atoms with E-state index in [0.717, 1.165) is 32.0 Å². The van der Waals surface area contributed by atoms with Crippen molar-refractivity contribution < 1.29 is 49.5 Å². The van der Waals surface area contributed by atoms with Crippen molar-refractivity contribution in [1.29, 1.82) is 0 Å². The molecular formula is C23H16O10. The quantitative estimate of drug-likeness (QED) is 0.360. The van der Waals surface area contributed by atoms with E-state index in [9.17, 15) is 49.5 Å². The molecule has 0 aliphatic heterocycles. The van der Waals surface area contributed by atoms with Gasteiger partial charge >= 0.3 is 0 Å². The maximum absolute atomic E-state index is 13.1. The number of carbonyl (C=O) groups excluding carboxylic acids is 5. The Morgan fingerprint density at radius 3 is 2.03 bits per heavy atom. The van der Waals surface area contributed by atoms with Crippen LogP contribution in [0.5, 0.6) is 17.2 Å². The molecule has 0 saturated heterocycles. The topological polar surface area (TPSA) is 186 Å². The van der Waals surface area contributed by atoms with Crippen LogP contribution in [0.15, 0.2) is 23.8 Å². The molecule has 2 aromatic rings. The largest absolute Gasteiger partial charge is 0.508 e. The van der Waals surface area contributed by atoms with Crippen molar-refractivity contribution in [3.63, 3.8) is 0 Å². The number of ketones is 5. The molecule has 0 fully saturated rings. The number of fused-ring (bicyclic) bond motifs is 3. The minimum atomic E-state index is -2.87. The Balaban J connectivity index is 2.08. The number of hydrogen-bond acceptors (Lipinski definition) is 10. The summed E-state index contributed by atoms with van der Waals surface area (Å²) < 4.78 is 0. The van der Waals surface area contributed by atoms with Crippen molar-refractivity contribution in [1.82, 2.24) is 0 Å².